The third-order valence-electron chi connectivity index (χ3n) is 3.02. The first-order valence-corrected chi connectivity index (χ1v) is 8.54. The highest BCUT2D eigenvalue weighted by Gasteiger charge is 2.22. The van der Waals surface area contributed by atoms with Gasteiger partial charge in [0, 0.05) is 12.6 Å². The van der Waals surface area contributed by atoms with Crippen LogP contribution in [-0.4, -0.2) is 43.8 Å². The molecule has 124 valence electrons. The Kier molecular flexibility index (Phi) is 6.79. The first-order valence-electron chi connectivity index (χ1n) is 7.06. The lowest BCUT2D eigenvalue weighted by atomic mass is 10.2. The van der Waals surface area contributed by atoms with Gasteiger partial charge in [-0.3, -0.25) is 0 Å². The van der Waals surface area contributed by atoms with Gasteiger partial charge in [-0.05, 0) is 31.5 Å². The van der Waals surface area contributed by atoms with Crippen molar-refractivity contribution in [2.24, 2.45) is 0 Å². The van der Waals surface area contributed by atoms with E-state index in [2.05, 4.69) is 10.0 Å². The quantitative estimate of drug-likeness (QED) is 0.542. The first kappa shape index (κ1) is 18.4. The summed E-state index contributed by atoms with van der Waals surface area (Å²) < 4.78 is 27.5. The molecule has 0 unspecified atom stereocenters. The Labute approximate surface area is 130 Å². The molecular formula is C14H22N2O5S. The van der Waals surface area contributed by atoms with E-state index >= 15 is 0 Å². The summed E-state index contributed by atoms with van der Waals surface area (Å²) in [6, 6.07) is 3.56. The van der Waals surface area contributed by atoms with Crippen molar-refractivity contribution in [3.8, 4) is 0 Å². The van der Waals surface area contributed by atoms with Crippen molar-refractivity contribution in [1.29, 1.82) is 0 Å². The van der Waals surface area contributed by atoms with Crippen molar-refractivity contribution >= 4 is 21.7 Å². The van der Waals surface area contributed by atoms with Gasteiger partial charge in [-0.25, -0.2) is 17.9 Å². The number of hydrogen-bond acceptors (Lipinski definition) is 5. The predicted octanol–water partition coefficient (Wildman–Crippen LogP) is 1.26. The molecule has 22 heavy (non-hydrogen) atoms. The molecule has 0 saturated carbocycles. The highest BCUT2D eigenvalue weighted by Crippen LogP contribution is 2.23. The smallest absolute Gasteiger partial charge is 0.335 e. The molecule has 8 heteroatoms. The van der Waals surface area contributed by atoms with Crippen LogP contribution in [0.15, 0.2) is 23.1 Å². The van der Waals surface area contributed by atoms with Crippen LogP contribution in [0.2, 0.25) is 0 Å². The summed E-state index contributed by atoms with van der Waals surface area (Å²) in [6.45, 7) is 3.70. The monoisotopic (exact) mass is 330 g/mol. The highest BCUT2D eigenvalue weighted by atomic mass is 32.2. The second-order valence-electron chi connectivity index (χ2n) is 4.98. The summed E-state index contributed by atoms with van der Waals surface area (Å²) in [7, 11) is -3.86. The molecule has 4 N–H and O–H groups in total. The average Bonchev–Trinajstić information content (AvgIpc) is 2.44. The van der Waals surface area contributed by atoms with Crippen molar-refractivity contribution in [3.05, 3.63) is 23.8 Å². The molecule has 1 rings (SSSR count). The maximum Gasteiger partial charge on any atom is 0.335 e. The van der Waals surface area contributed by atoms with Gasteiger partial charge in [-0.15, -0.1) is 0 Å². The van der Waals surface area contributed by atoms with E-state index < -0.39 is 16.0 Å². The molecule has 0 amide bonds. The SMILES string of the molecule is CCC[C@H](C)NS(=O)(=O)c1cc(C(=O)O)ccc1NCCO. The van der Waals surface area contributed by atoms with Gasteiger partial charge in [-0.2, -0.15) is 0 Å². The zero-order valence-corrected chi connectivity index (χ0v) is 13.5. The summed E-state index contributed by atoms with van der Waals surface area (Å²) in [6.07, 6.45) is 1.51. The molecule has 0 radical (unpaired) electrons. The minimum Gasteiger partial charge on any atom is -0.478 e. The van der Waals surface area contributed by atoms with Crippen LogP contribution in [0.5, 0.6) is 0 Å². The van der Waals surface area contributed by atoms with Gasteiger partial charge < -0.3 is 15.5 Å². The summed E-state index contributed by atoms with van der Waals surface area (Å²) in [4.78, 5) is 10.9. The molecule has 7 nitrogen and oxygen atoms in total. The number of benzene rings is 1. The molecule has 1 atom stereocenters. The molecular weight excluding hydrogens is 308 g/mol. The van der Waals surface area contributed by atoms with Crippen LogP contribution in [0.1, 0.15) is 37.0 Å². The largest absolute Gasteiger partial charge is 0.478 e. The molecule has 0 aliphatic heterocycles. The summed E-state index contributed by atoms with van der Waals surface area (Å²) in [5.74, 6) is -1.20. The fraction of sp³-hybridized carbons (Fsp3) is 0.500. The Balaban J connectivity index is 3.21. The van der Waals surface area contributed by atoms with E-state index in [1.54, 1.807) is 6.92 Å². The number of hydrogen-bond donors (Lipinski definition) is 4. The minimum atomic E-state index is -3.86. The number of aromatic carboxylic acids is 1. The van der Waals surface area contributed by atoms with Gasteiger partial charge in [0.1, 0.15) is 4.90 Å². The molecule has 0 saturated heterocycles. The van der Waals surface area contributed by atoms with Crippen LogP contribution in [-0.2, 0) is 10.0 Å². The molecule has 0 spiro atoms. The number of anilines is 1. The molecule has 0 aliphatic rings. The van der Waals surface area contributed by atoms with E-state index in [9.17, 15) is 13.2 Å². The van der Waals surface area contributed by atoms with Gasteiger partial charge in [-0.1, -0.05) is 13.3 Å². The lowest BCUT2D eigenvalue weighted by molar-refractivity contribution is 0.0696. The van der Waals surface area contributed by atoms with Crippen molar-refractivity contribution in [2.75, 3.05) is 18.5 Å². The van der Waals surface area contributed by atoms with Gasteiger partial charge in [0.05, 0.1) is 17.9 Å². The van der Waals surface area contributed by atoms with Gasteiger partial charge in [0.15, 0.2) is 0 Å². The van der Waals surface area contributed by atoms with E-state index in [0.29, 0.717) is 6.42 Å². The molecule has 0 heterocycles. The lowest BCUT2D eigenvalue weighted by Crippen LogP contribution is -2.33. The third kappa shape index (κ3) is 4.97. The lowest BCUT2D eigenvalue weighted by Gasteiger charge is -2.17. The molecule has 0 fully saturated rings. The van der Waals surface area contributed by atoms with Crippen LogP contribution in [0, 0.1) is 0 Å². The summed E-state index contributed by atoms with van der Waals surface area (Å²) in [5, 5.41) is 20.7. The second kappa shape index (κ2) is 8.11. The first-order chi connectivity index (χ1) is 10.3. The highest BCUT2D eigenvalue weighted by molar-refractivity contribution is 7.89. The number of nitrogens with one attached hydrogen (secondary N) is 2. The zero-order valence-electron chi connectivity index (χ0n) is 12.7. The molecule has 1 aromatic carbocycles. The maximum atomic E-state index is 12.5. The van der Waals surface area contributed by atoms with E-state index in [0.717, 1.165) is 12.5 Å². The fourth-order valence-corrected chi connectivity index (χ4v) is 3.52. The van der Waals surface area contributed by atoms with Crippen LogP contribution in [0.4, 0.5) is 5.69 Å². The van der Waals surface area contributed by atoms with Crippen molar-refractivity contribution in [1.82, 2.24) is 4.72 Å². The number of carbonyl (C=O) groups is 1. The number of carboxylic acid groups (broad SMARTS) is 1. The maximum absolute atomic E-state index is 12.5. The molecule has 0 aromatic heterocycles. The summed E-state index contributed by atoms with van der Waals surface area (Å²) in [5.41, 5.74) is 0.147. The number of carboxylic acids is 1. The number of sulfonamides is 1. The van der Waals surface area contributed by atoms with Crippen molar-refractivity contribution in [2.45, 2.75) is 37.6 Å². The minimum absolute atomic E-state index is 0.113. The van der Waals surface area contributed by atoms with E-state index in [-0.39, 0.29) is 35.3 Å². The topological polar surface area (TPSA) is 116 Å². The molecule has 0 bridgehead atoms. The van der Waals surface area contributed by atoms with Crippen LogP contribution < -0.4 is 10.0 Å². The van der Waals surface area contributed by atoms with E-state index in [1.165, 1.54) is 12.1 Å². The standard InChI is InChI=1S/C14H22N2O5S/c1-3-4-10(2)16-22(20,21)13-9-11(14(18)19)5-6-12(13)15-7-8-17/h5-6,9-10,15-17H,3-4,7-8H2,1-2H3,(H,18,19)/t10-/m0/s1. The third-order valence-corrected chi connectivity index (χ3v) is 4.65. The fourth-order valence-electron chi connectivity index (χ4n) is 2.03. The molecule has 0 aliphatic carbocycles. The van der Waals surface area contributed by atoms with Crippen molar-refractivity contribution < 1.29 is 23.4 Å². The second-order valence-corrected chi connectivity index (χ2v) is 6.66. The Morgan fingerprint density at radius 2 is 2.05 bits per heavy atom. The normalized spacial score (nSPS) is 12.9. The van der Waals surface area contributed by atoms with Crippen LogP contribution >= 0.6 is 0 Å². The predicted molar refractivity (Wildman–Crippen MR) is 83.7 cm³/mol. The van der Waals surface area contributed by atoms with Crippen molar-refractivity contribution in [3.63, 3.8) is 0 Å². The van der Waals surface area contributed by atoms with Gasteiger partial charge >= 0.3 is 5.97 Å². The average molecular weight is 330 g/mol. The zero-order chi connectivity index (χ0) is 16.8. The molecule has 1 aromatic rings. The van der Waals surface area contributed by atoms with Gasteiger partial charge in [0.2, 0.25) is 10.0 Å². The number of aliphatic hydroxyl groups excluding tert-OH is 1. The van der Waals surface area contributed by atoms with Gasteiger partial charge in [0.25, 0.3) is 0 Å². The number of rotatable bonds is 9. The Morgan fingerprint density at radius 1 is 1.36 bits per heavy atom. The Hall–Kier alpha value is -1.64. The van der Waals surface area contributed by atoms with E-state index in [1.807, 2.05) is 6.92 Å². The Bertz CT molecular complexity index is 616. The Morgan fingerprint density at radius 3 is 2.59 bits per heavy atom. The summed E-state index contributed by atoms with van der Waals surface area (Å²) >= 11 is 0. The number of aliphatic hydroxyl groups is 1. The van der Waals surface area contributed by atoms with Crippen LogP contribution in [0.25, 0.3) is 0 Å². The van der Waals surface area contributed by atoms with E-state index in [4.69, 9.17) is 10.2 Å². The van der Waals surface area contributed by atoms with Crippen LogP contribution in [0.3, 0.4) is 0 Å².